The van der Waals surface area contributed by atoms with Crippen LogP contribution >= 0.6 is 0 Å². The average Bonchev–Trinajstić information content (AvgIpc) is 2.89. The minimum absolute atomic E-state index is 0.167. The molecular weight excluding hydrogens is 478 g/mol. The lowest BCUT2D eigenvalue weighted by molar-refractivity contribution is -0.617. The lowest BCUT2D eigenvalue weighted by Gasteiger charge is -2.19. The summed E-state index contributed by atoms with van der Waals surface area (Å²) in [6.45, 7) is 7.53. The first kappa shape index (κ1) is 24.7. The molecule has 0 amide bonds. The molecule has 0 saturated heterocycles. The zero-order valence-corrected chi connectivity index (χ0v) is 21.2. The van der Waals surface area contributed by atoms with Gasteiger partial charge in [-0.15, -0.1) is 5.75 Å². The van der Waals surface area contributed by atoms with Gasteiger partial charge in [0.2, 0.25) is 11.0 Å². The van der Waals surface area contributed by atoms with Crippen LogP contribution in [0.1, 0.15) is 37.4 Å². The van der Waals surface area contributed by atoms with E-state index in [0.717, 1.165) is 27.8 Å². The summed E-state index contributed by atoms with van der Waals surface area (Å²) in [5, 5.41) is 33.6. The molecular formula is C32H25NO5. The van der Waals surface area contributed by atoms with Crippen molar-refractivity contribution in [1.29, 1.82) is 0 Å². The normalized spacial score (nSPS) is 11.1. The molecule has 0 saturated carbocycles. The second-order valence-corrected chi connectivity index (χ2v) is 9.34. The largest absolute Gasteiger partial charge is 0.872 e. The summed E-state index contributed by atoms with van der Waals surface area (Å²) in [7, 11) is 1.88. The number of aryl methyl sites for hydroxylation is 1. The van der Waals surface area contributed by atoms with Crippen LogP contribution in [0.4, 0.5) is 0 Å². The number of pyridine rings is 1. The quantitative estimate of drug-likeness (QED) is 0.230. The molecule has 38 heavy (non-hydrogen) atoms. The van der Waals surface area contributed by atoms with E-state index in [4.69, 9.17) is 0 Å². The van der Waals surface area contributed by atoms with Crippen LogP contribution in [0.3, 0.4) is 0 Å². The van der Waals surface area contributed by atoms with Crippen LogP contribution in [-0.4, -0.2) is 22.2 Å². The minimum Gasteiger partial charge on any atom is -0.872 e. The number of hydrogen-bond acceptors (Lipinski definition) is 3. The molecule has 6 nitrogen and oxygen atoms in total. The van der Waals surface area contributed by atoms with Gasteiger partial charge < -0.3 is 15.3 Å². The minimum atomic E-state index is -1.05. The number of fused-ring (bicyclic) bond motifs is 2. The molecule has 6 heteroatoms. The van der Waals surface area contributed by atoms with E-state index < -0.39 is 11.9 Å². The van der Waals surface area contributed by atoms with Gasteiger partial charge in [-0.3, -0.25) is 0 Å². The molecule has 0 radical (unpaired) electrons. The lowest BCUT2D eigenvalue weighted by atomic mass is 9.85. The second-order valence-electron chi connectivity index (χ2n) is 9.34. The van der Waals surface area contributed by atoms with Crippen molar-refractivity contribution in [3.05, 3.63) is 101 Å². The van der Waals surface area contributed by atoms with Crippen molar-refractivity contribution in [3.8, 4) is 28.0 Å². The maximum absolute atomic E-state index is 12.6. The summed E-state index contributed by atoms with van der Waals surface area (Å²) >= 11 is 0. The molecule has 188 valence electrons. The van der Waals surface area contributed by atoms with E-state index in [-0.39, 0.29) is 16.9 Å². The average molecular weight is 504 g/mol. The van der Waals surface area contributed by atoms with E-state index >= 15 is 0 Å². The third-order valence-corrected chi connectivity index (χ3v) is 7.36. The zero-order valence-electron chi connectivity index (χ0n) is 21.2. The van der Waals surface area contributed by atoms with E-state index in [0.29, 0.717) is 33.0 Å². The van der Waals surface area contributed by atoms with Crippen molar-refractivity contribution in [2.75, 3.05) is 0 Å². The Hall–Kier alpha value is -4.97. The Kier molecular flexibility index (Phi) is 5.96. The van der Waals surface area contributed by atoms with Crippen molar-refractivity contribution in [2.45, 2.75) is 13.8 Å². The zero-order chi connectivity index (χ0) is 27.3. The molecule has 0 fully saturated rings. The van der Waals surface area contributed by atoms with Crippen molar-refractivity contribution in [2.24, 2.45) is 7.05 Å². The number of para-hydroxylation sites is 1. The Morgan fingerprint density at radius 2 is 1.50 bits per heavy atom. The first-order chi connectivity index (χ1) is 18.1. The molecule has 5 aromatic rings. The monoisotopic (exact) mass is 503 g/mol. The van der Waals surface area contributed by atoms with Gasteiger partial charge in [-0.2, -0.15) is 4.57 Å². The summed E-state index contributed by atoms with van der Waals surface area (Å²) in [5.74, 6) is -2.23. The van der Waals surface area contributed by atoms with Crippen LogP contribution in [-0.2, 0) is 7.05 Å². The highest BCUT2D eigenvalue weighted by Crippen LogP contribution is 2.41. The van der Waals surface area contributed by atoms with Crippen LogP contribution in [0.15, 0.2) is 73.3 Å². The van der Waals surface area contributed by atoms with Gasteiger partial charge in [0.05, 0.1) is 21.9 Å². The fourth-order valence-corrected chi connectivity index (χ4v) is 5.29. The van der Waals surface area contributed by atoms with E-state index in [2.05, 4.69) is 6.58 Å². The van der Waals surface area contributed by atoms with Gasteiger partial charge >= 0.3 is 11.9 Å². The topological polar surface area (TPSA) is 102 Å². The predicted molar refractivity (Wildman–Crippen MR) is 146 cm³/mol. The Labute approximate surface area is 219 Å². The number of hydrogen-bond donors (Lipinski definition) is 2. The molecule has 0 spiro atoms. The van der Waals surface area contributed by atoms with Crippen LogP contribution in [0.2, 0.25) is 0 Å². The fraction of sp³-hybridized carbons (Fsp3) is 0.0938. The maximum atomic E-state index is 12.6. The summed E-state index contributed by atoms with van der Waals surface area (Å²) < 4.78 is 1.95. The van der Waals surface area contributed by atoms with Gasteiger partial charge in [-0.05, 0) is 71.0 Å². The first-order valence-electron chi connectivity index (χ1n) is 12.0. The Morgan fingerprint density at radius 3 is 2.18 bits per heavy atom. The number of aromatic nitrogens is 1. The van der Waals surface area contributed by atoms with Crippen molar-refractivity contribution in [1.82, 2.24) is 0 Å². The summed E-state index contributed by atoms with van der Waals surface area (Å²) in [6, 6.07) is 19.1. The van der Waals surface area contributed by atoms with Crippen LogP contribution in [0.5, 0.6) is 5.75 Å². The highest BCUT2D eigenvalue weighted by molar-refractivity contribution is 6.14. The van der Waals surface area contributed by atoms with Crippen LogP contribution in [0.25, 0.3) is 50.1 Å². The number of nitrogens with zero attached hydrogens (tertiary/aromatic N) is 1. The molecule has 1 aromatic heterocycles. The lowest BCUT2D eigenvalue weighted by Crippen LogP contribution is -2.31. The van der Waals surface area contributed by atoms with E-state index in [1.807, 2.05) is 48.9 Å². The van der Waals surface area contributed by atoms with Crippen LogP contribution < -0.4 is 9.67 Å². The third-order valence-electron chi connectivity index (χ3n) is 7.36. The van der Waals surface area contributed by atoms with E-state index in [9.17, 15) is 24.9 Å². The van der Waals surface area contributed by atoms with E-state index in [1.54, 1.807) is 43.3 Å². The molecule has 4 aromatic carbocycles. The Morgan fingerprint density at radius 1 is 0.789 bits per heavy atom. The van der Waals surface area contributed by atoms with Gasteiger partial charge in [0, 0.05) is 12.1 Å². The highest BCUT2D eigenvalue weighted by atomic mass is 16.4. The number of aromatic carboxylic acids is 2. The summed E-state index contributed by atoms with van der Waals surface area (Å²) in [4.78, 5) is 24.4. The predicted octanol–water partition coefficient (Wildman–Crippen LogP) is 5.88. The number of carbonyl (C=O) groups is 2. The van der Waals surface area contributed by atoms with Gasteiger partial charge in [0.15, 0.2) is 0 Å². The molecule has 0 atom stereocenters. The molecule has 0 aliphatic heterocycles. The molecule has 0 aliphatic carbocycles. The second kappa shape index (κ2) is 9.16. The number of carboxylic acids is 2. The molecule has 5 rings (SSSR count). The van der Waals surface area contributed by atoms with Crippen molar-refractivity contribution >= 4 is 39.8 Å². The maximum Gasteiger partial charge on any atom is 0.337 e. The van der Waals surface area contributed by atoms with Gasteiger partial charge in [-0.25, -0.2) is 9.59 Å². The Bertz CT molecular complexity index is 1830. The number of benzene rings is 4. The third kappa shape index (κ3) is 3.78. The van der Waals surface area contributed by atoms with Gasteiger partial charge in [0.25, 0.3) is 0 Å². The molecule has 1 heterocycles. The fourth-order valence-electron chi connectivity index (χ4n) is 5.29. The summed E-state index contributed by atoms with van der Waals surface area (Å²) in [6.07, 6.45) is 1.68. The standard InChI is InChI=1S/C32H25NO5/c1-5-19-10-11-20(34)14-24(19)26-16-29-27(30(32(37)38)23-8-6-7-9-28(23)33(29)4)15-25(26)21-12-13-22(31(35)36)18(3)17(21)2/h5-16H,1H2,2-4H3,(H2-,34,35,36,37,38). The highest BCUT2D eigenvalue weighted by Gasteiger charge is 2.26. The molecule has 0 bridgehead atoms. The first-order valence-corrected chi connectivity index (χ1v) is 12.0. The molecule has 0 aliphatic rings. The van der Waals surface area contributed by atoms with Crippen LogP contribution in [0, 0.1) is 13.8 Å². The SMILES string of the molecule is C=Cc1ccc([O-])cc1-c1cc2c(cc1-c1ccc(C(=O)O)c(C)c1C)c(C(=O)O)c1ccccc1[n+]2C. The molecule has 0 unspecified atom stereocenters. The van der Waals surface area contributed by atoms with Crippen molar-refractivity contribution < 1.29 is 29.5 Å². The molecule has 2 N–H and O–H groups in total. The number of rotatable bonds is 5. The Balaban J connectivity index is 2.01. The van der Waals surface area contributed by atoms with Crippen molar-refractivity contribution in [3.63, 3.8) is 0 Å². The summed E-state index contributed by atoms with van der Waals surface area (Å²) in [5.41, 5.74) is 6.78. The number of carboxylic acid groups (broad SMARTS) is 2. The van der Waals surface area contributed by atoms with E-state index in [1.165, 1.54) is 6.07 Å². The van der Waals surface area contributed by atoms with Gasteiger partial charge in [-0.1, -0.05) is 49.1 Å². The smallest absolute Gasteiger partial charge is 0.337 e. The van der Waals surface area contributed by atoms with Gasteiger partial charge in [0.1, 0.15) is 7.05 Å².